The fourth-order valence-electron chi connectivity index (χ4n) is 2.99. The number of fused-ring (bicyclic) bond motifs is 1. The van der Waals surface area contributed by atoms with Crippen LogP contribution in [0.25, 0.3) is 11.1 Å². The molecular weight excluding hydrogens is 260 g/mol. The molecule has 2 fully saturated rings. The van der Waals surface area contributed by atoms with Crippen molar-refractivity contribution in [1.82, 2.24) is 15.1 Å². The SMILES string of the molecule is Cc1noc2ncnc(N3CCC4(CC3)OCCO4)c12. The van der Waals surface area contributed by atoms with Gasteiger partial charge in [0, 0.05) is 25.9 Å². The van der Waals surface area contributed by atoms with E-state index in [9.17, 15) is 0 Å². The molecule has 0 N–H and O–H groups in total. The molecule has 0 saturated carbocycles. The van der Waals surface area contributed by atoms with Crippen LogP contribution in [-0.4, -0.2) is 47.2 Å². The molecule has 4 heterocycles. The summed E-state index contributed by atoms with van der Waals surface area (Å²) in [5.41, 5.74) is 1.37. The van der Waals surface area contributed by atoms with Gasteiger partial charge in [-0.05, 0) is 6.92 Å². The lowest BCUT2D eigenvalue weighted by Crippen LogP contribution is -2.45. The van der Waals surface area contributed by atoms with E-state index in [-0.39, 0.29) is 5.79 Å². The molecule has 2 aliphatic heterocycles. The zero-order valence-electron chi connectivity index (χ0n) is 11.3. The molecule has 1 spiro atoms. The van der Waals surface area contributed by atoms with Crippen LogP contribution in [0.4, 0.5) is 5.82 Å². The van der Waals surface area contributed by atoms with E-state index in [0.717, 1.165) is 42.8 Å². The Balaban J connectivity index is 1.63. The van der Waals surface area contributed by atoms with Gasteiger partial charge in [0.05, 0.1) is 18.9 Å². The topological polar surface area (TPSA) is 73.5 Å². The second kappa shape index (κ2) is 4.39. The Morgan fingerprint density at radius 2 is 1.90 bits per heavy atom. The summed E-state index contributed by atoms with van der Waals surface area (Å²) < 4.78 is 16.7. The van der Waals surface area contributed by atoms with Crippen molar-refractivity contribution in [2.45, 2.75) is 25.6 Å². The van der Waals surface area contributed by atoms with Gasteiger partial charge in [0.1, 0.15) is 17.5 Å². The van der Waals surface area contributed by atoms with Gasteiger partial charge >= 0.3 is 0 Å². The highest BCUT2D eigenvalue weighted by Crippen LogP contribution is 2.34. The standard InChI is InChI=1S/C13H16N4O3/c1-9-10-11(14-8-15-12(10)20-16-9)17-4-2-13(3-5-17)18-6-7-19-13/h8H,2-7H2,1H3. The first-order valence-corrected chi connectivity index (χ1v) is 6.87. The molecule has 0 amide bonds. The molecule has 4 rings (SSSR count). The summed E-state index contributed by atoms with van der Waals surface area (Å²) in [6.45, 7) is 4.99. The molecule has 106 valence electrons. The van der Waals surface area contributed by atoms with Gasteiger partial charge in [-0.1, -0.05) is 5.16 Å². The van der Waals surface area contributed by atoms with E-state index in [1.807, 2.05) is 6.92 Å². The van der Waals surface area contributed by atoms with Crippen molar-refractivity contribution in [3.05, 3.63) is 12.0 Å². The molecule has 2 aromatic heterocycles. The van der Waals surface area contributed by atoms with E-state index in [1.54, 1.807) is 0 Å². The summed E-state index contributed by atoms with van der Waals surface area (Å²) in [6.07, 6.45) is 3.22. The van der Waals surface area contributed by atoms with E-state index in [0.29, 0.717) is 18.9 Å². The van der Waals surface area contributed by atoms with Crippen LogP contribution >= 0.6 is 0 Å². The van der Waals surface area contributed by atoms with Gasteiger partial charge in [-0.3, -0.25) is 0 Å². The van der Waals surface area contributed by atoms with Crippen LogP contribution in [0.2, 0.25) is 0 Å². The summed E-state index contributed by atoms with van der Waals surface area (Å²) >= 11 is 0. The van der Waals surface area contributed by atoms with Gasteiger partial charge in [-0.15, -0.1) is 0 Å². The van der Waals surface area contributed by atoms with Gasteiger partial charge < -0.3 is 18.9 Å². The average molecular weight is 276 g/mol. The minimum atomic E-state index is -0.369. The Bertz CT molecular complexity index is 626. The Morgan fingerprint density at radius 3 is 2.65 bits per heavy atom. The summed E-state index contributed by atoms with van der Waals surface area (Å²) in [5.74, 6) is 0.522. The number of nitrogens with zero attached hydrogens (tertiary/aromatic N) is 4. The number of ether oxygens (including phenoxy) is 2. The van der Waals surface area contributed by atoms with Crippen molar-refractivity contribution in [3.8, 4) is 0 Å². The van der Waals surface area contributed by atoms with Crippen molar-refractivity contribution in [2.24, 2.45) is 0 Å². The van der Waals surface area contributed by atoms with Gasteiger partial charge in [0.2, 0.25) is 0 Å². The molecule has 7 nitrogen and oxygen atoms in total. The molecule has 2 saturated heterocycles. The number of anilines is 1. The molecule has 0 unspecified atom stereocenters. The van der Waals surface area contributed by atoms with Crippen molar-refractivity contribution in [3.63, 3.8) is 0 Å². The van der Waals surface area contributed by atoms with Gasteiger partial charge in [0.15, 0.2) is 5.79 Å². The van der Waals surface area contributed by atoms with Gasteiger partial charge in [-0.25, -0.2) is 4.98 Å². The van der Waals surface area contributed by atoms with Gasteiger partial charge in [0.25, 0.3) is 5.71 Å². The third-order valence-electron chi connectivity index (χ3n) is 4.06. The molecule has 0 radical (unpaired) electrons. The summed E-state index contributed by atoms with van der Waals surface area (Å²) in [7, 11) is 0. The monoisotopic (exact) mass is 276 g/mol. The smallest absolute Gasteiger partial charge is 0.263 e. The van der Waals surface area contributed by atoms with Crippen LogP contribution in [0.5, 0.6) is 0 Å². The fourth-order valence-corrected chi connectivity index (χ4v) is 2.99. The minimum absolute atomic E-state index is 0.369. The van der Waals surface area contributed by atoms with Crippen molar-refractivity contribution in [2.75, 3.05) is 31.2 Å². The van der Waals surface area contributed by atoms with Crippen LogP contribution in [0, 0.1) is 6.92 Å². The van der Waals surface area contributed by atoms with Crippen molar-refractivity contribution in [1.29, 1.82) is 0 Å². The average Bonchev–Trinajstić information content (AvgIpc) is 3.08. The molecule has 2 aromatic rings. The first-order chi connectivity index (χ1) is 9.77. The highest BCUT2D eigenvalue weighted by atomic mass is 16.7. The first kappa shape index (κ1) is 12.0. The van der Waals surface area contributed by atoms with E-state index in [1.165, 1.54) is 6.33 Å². The zero-order chi connectivity index (χ0) is 13.6. The Morgan fingerprint density at radius 1 is 1.15 bits per heavy atom. The molecule has 0 aliphatic carbocycles. The number of hydrogen-bond acceptors (Lipinski definition) is 7. The lowest BCUT2D eigenvalue weighted by molar-refractivity contribution is -0.169. The van der Waals surface area contributed by atoms with Crippen LogP contribution in [0.1, 0.15) is 18.5 Å². The number of aromatic nitrogens is 3. The predicted molar refractivity (Wildman–Crippen MR) is 70.4 cm³/mol. The minimum Gasteiger partial charge on any atom is -0.355 e. The quantitative estimate of drug-likeness (QED) is 0.776. The summed E-state index contributed by atoms with van der Waals surface area (Å²) in [5, 5.41) is 4.87. The Kier molecular flexibility index (Phi) is 2.64. The lowest BCUT2D eigenvalue weighted by atomic mass is 10.0. The fraction of sp³-hybridized carbons (Fsp3) is 0.615. The maximum Gasteiger partial charge on any atom is 0.263 e. The Labute approximate surface area is 115 Å². The number of aryl methyl sites for hydroxylation is 1. The summed E-state index contributed by atoms with van der Waals surface area (Å²) in [4.78, 5) is 10.8. The number of rotatable bonds is 1. The second-order valence-electron chi connectivity index (χ2n) is 5.24. The van der Waals surface area contributed by atoms with Crippen LogP contribution < -0.4 is 4.90 Å². The maximum absolute atomic E-state index is 5.75. The largest absolute Gasteiger partial charge is 0.355 e. The number of piperidine rings is 1. The zero-order valence-corrected chi connectivity index (χ0v) is 11.3. The third-order valence-corrected chi connectivity index (χ3v) is 4.06. The molecule has 20 heavy (non-hydrogen) atoms. The Hall–Kier alpha value is -1.73. The molecule has 0 bridgehead atoms. The van der Waals surface area contributed by atoms with Gasteiger partial charge in [-0.2, -0.15) is 4.98 Å². The van der Waals surface area contributed by atoms with E-state index < -0.39 is 0 Å². The van der Waals surface area contributed by atoms with Crippen LogP contribution in [0.15, 0.2) is 10.9 Å². The summed E-state index contributed by atoms with van der Waals surface area (Å²) in [6, 6.07) is 0. The molecule has 0 aromatic carbocycles. The molecule has 7 heteroatoms. The van der Waals surface area contributed by atoms with Crippen molar-refractivity contribution >= 4 is 16.9 Å². The third kappa shape index (κ3) is 1.77. The second-order valence-corrected chi connectivity index (χ2v) is 5.24. The molecular formula is C13H16N4O3. The highest BCUT2D eigenvalue weighted by Gasteiger charge is 2.40. The van der Waals surface area contributed by atoms with E-state index >= 15 is 0 Å². The normalized spacial score (nSPS) is 21.9. The first-order valence-electron chi connectivity index (χ1n) is 6.87. The van der Waals surface area contributed by atoms with Crippen molar-refractivity contribution < 1.29 is 14.0 Å². The highest BCUT2D eigenvalue weighted by molar-refractivity contribution is 5.87. The van der Waals surface area contributed by atoms with E-state index in [4.69, 9.17) is 14.0 Å². The molecule has 2 aliphatic rings. The maximum atomic E-state index is 5.75. The lowest BCUT2D eigenvalue weighted by Gasteiger charge is -2.38. The molecule has 0 atom stereocenters. The number of hydrogen-bond donors (Lipinski definition) is 0. The van der Waals surface area contributed by atoms with Crippen LogP contribution in [-0.2, 0) is 9.47 Å². The van der Waals surface area contributed by atoms with Crippen LogP contribution in [0.3, 0.4) is 0 Å². The van der Waals surface area contributed by atoms with E-state index in [2.05, 4.69) is 20.0 Å². The predicted octanol–water partition coefficient (Wildman–Crippen LogP) is 1.27.